The van der Waals surface area contributed by atoms with Gasteiger partial charge in [-0.05, 0) is 35.5 Å². The maximum absolute atomic E-state index is 3.50. The van der Waals surface area contributed by atoms with Crippen molar-refractivity contribution in [3.63, 3.8) is 0 Å². The molecule has 2 rings (SSSR count). The monoisotopic (exact) mass is 184 g/mol. The Morgan fingerprint density at radius 2 is 1.64 bits per heavy atom. The summed E-state index contributed by atoms with van der Waals surface area (Å²) in [6, 6.07) is 10.5. The van der Waals surface area contributed by atoms with E-state index in [1.807, 2.05) is 6.07 Å². The standard InChI is InChI=1S/C14H16/c1-10(9-14-11(2)12(14)3)13-7-5-4-6-8-13/h4-8,11-12H,1-3H3/t11-,12-/m0/s1. The van der Waals surface area contributed by atoms with E-state index >= 15 is 0 Å². The number of hydrogen-bond acceptors (Lipinski definition) is 0. The van der Waals surface area contributed by atoms with E-state index in [9.17, 15) is 0 Å². The van der Waals surface area contributed by atoms with Gasteiger partial charge in [0.25, 0.3) is 0 Å². The van der Waals surface area contributed by atoms with Crippen LogP contribution in [-0.4, -0.2) is 0 Å². The highest BCUT2D eigenvalue weighted by Crippen LogP contribution is 2.44. The lowest BCUT2D eigenvalue weighted by Gasteiger charge is -1.95. The zero-order valence-corrected chi connectivity index (χ0v) is 9.04. The van der Waals surface area contributed by atoms with E-state index in [0.717, 1.165) is 11.8 Å². The third-order valence-electron chi connectivity index (χ3n) is 3.16. The van der Waals surface area contributed by atoms with E-state index in [1.165, 1.54) is 16.7 Å². The average Bonchev–Trinajstić information content (AvgIpc) is 2.77. The fourth-order valence-corrected chi connectivity index (χ4v) is 1.77. The lowest BCUT2D eigenvalue weighted by atomic mass is 10.1. The Morgan fingerprint density at radius 3 is 2.14 bits per heavy atom. The van der Waals surface area contributed by atoms with Gasteiger partial charge in [-0.1, -0.05) is 44.2 Å². The first-order valence-electron chi connectivity index (χ1n) is 5.23. The van der Waals surface area contributed by atoms with E-state index in [-0.39, 0.29) is 0 Å². The molecular formula is C14H16. The molecule has 0 saturated heterocycles. The molecule has 1 aromatic carbocycles. The van der Waals surface area contributed by atoms with Crippen molar-refractivity contribution in [2.24, 2.45) is 11.8 Å². The first kappa shape index (κ1) is 9.30. The Bertz CT molecular complexity index is 381. The molecule has 0 heterocycles. The summed E-state index contributed by atoms with van der Waals surface area (Å²) in [6.07, 6.45) is 0. The summed E-state index contributed by atoms with van der Waals surface area (Å²) in [5.74, 6) is 1.49. The van der Waals surface area contributed by atoms with Gasteiger partial charge in [0.15, 0.2) is 0 Å². The van der Waals surface area contributed by atoms with Crippen molar-refractivity contribution in [3.05, 3.63) is 47.2 Å². The van der Waals surface area contributed by atoms with Crippen LogP contribution in [0.25, 0.3) is 5.57 Å². The number of rotatable bonds is 1. The van der Waals surface area contributed by atoms with Crippen LogP contribution in [0.3, 0.4) is 0 Å². The lowest BCUT2D eigenvalue weighted by molar-refractivity contribution is 0.834. The molecule has 0 bridgehead atoms. The van der Waals surface area contributed by atoms with Gasteiger partial charge in [-0.25, -0.2) is 0 Å². The summed E-state index contributed by atoms with van der Waals surface area (Å²) in [7, 11) is 0. The first-order valence-corrected chi connectivity index (χ1v) is 5.23. The molecule has 2 atom stereocenters. The Kier molecular flexibility index (Phi) is 2.31. The highest BCUT2D eigenvalue weighted by molar-refractivity contribution is 5.64. The van der Waals surface area contributed by atoms with Gasteiger partial charge in [-0.15, -0.1) is 5.73 Å². The van der Waals surface area contributed by atoms with Crippen molar-refractivity contribution in [2.75, 3.05) is 0 Å². The van der Waals surface area contributed by atoms with Crippen molar-refractivity contribution in [1.82, 2.24) is 0 Å². The highest BCUT2D eigenvalue weighted by Gasteiger charge is 2.35. The minimum Gasteiger partial charge on any atom is -0.117 e. The molecule has 0 spiro atoms. The van der Waals surface area contributed by atoms with Crippen LogP contribution in [0.5, 0.6) is 0 Å². The number of allylic oxidation sites excluding steroid dienone is 1. The molecule has 72 valence electrons. The molecule has 1 fully saturated rings. The second-order valence-corrected chi connectivity index (χ2v) is 4.15. The van der Waals surface area contributed by atoms with Gasteiger partial charge in [-0.3, -0.25) is 0 Å². The van der Waals surface area contributed by atoms with E-state index in [2.05, 4.69) is 50.8 Å². The van der Waals surface area contributed by atoms with Crippen LogP contribution in [0.2, 0.25) is 0 Å². The van der Waals surface area contributed by atoms with Crippen LogP contribution in [0.1, 0.15) is 26.3 Å². The summed E-state index contributed by atoms with van der Waals surface area (Å²) in [5, 5.41) is 0. The van der Waals surface area contributed by atoms with Gasteiger partial charge >= 0.3 is 0 Å². The van der Waals surface area contributed by atoms with Gasteiger partial charge in [0, 0.05) is 0 Å². The minimum atomic E-state index is 0.744. The van der Waals surface area contributed by atoms with Crippen molar-refractivity contribution in [1.29, 1.82) is 0 Å². The molecule has 0 amide bonds. The molecule has 14 heavy (non-hydrogen) atoms. The van der Waals surface area contributed by atoms with Crippen LogP contribution in [0.4, 0.5) is 0 Å². The maximum Gasteiger partial charge on any atom is -0.00193 e. The zero-order valence-electron chi connectivity index (χ0n) is 9.04. The van der Waals surface area contributed by atoms with Crippen LogP contribution in [-0.2, 0) is 0 Å². The summed E-state index contributed by atoms with van der Waals surface area (Å²) >= 11 is 0. The second kappa shape index (κ2) is 3.48. The summed E-state index contributed by atoms with van der Waals surface area (Å²) < 4.78 is 0. The smallest absolute Gasteiger partial charge is 0.00193 e. The molecule has 0 heteroatoms. The Labute approximate surface area is 86.0 Å². The predicted molar refractivity (Wildman–Crippen MR) is 60.9 cm³/mol. The van der Waals surface area contributed by atoms with E-state index in [4.69, 9.17) is 0 Å². The topological polar surface area (TPSA) is 0 Å². The van der Waals surface area contributed by atoms with Crippen LogP contribution < -0.4 is 0 Å². The Balaban J connectivity index is 2.34. The quantitative estimate of drug-likeness (QED) is 0.581. The van der Waals surface area contributed by atoms with Gasteiger partial charge in [-0.2, -0.15) is 0 Å². The van der Waals surface area contributed by atoms with Gasteiger partial charge in [0.2, 0.25) is 0 Å². The lowest BCUT2D eigenvalue weighted by Crippen LogP contribution is -1.74. The molecule has 0 nitrogen and oxygen atoms in total. The average molecular weight is 184 g/mol. The summed E-state index contributed by atoms with van der Waals surface area (Å²) in [4.78, 5) is 0. The molecule has 0 aromatic heterocycles. The third kappa shape index (κ3) is 1.66. The Hall–Kier alpha value is -1.26. The predicted octanol–water partition coefficient (Wildman–Crippen LogP) is 3.90. The summed E-state index contributed by atoms with van der Waals surface area (Å²) in [5.41, 5.74) is 7.53. The van der Waals surface area contributed by atoms with Crippen molar-refractivity contribution < 1.29 is 0 Å². The molecule has 0 N–H and O–H groups in total. The molecule has 0 aliphatic heterocycles. The van der Waals surface area contributed by atoms with Gasteiger partial charge in [0.05, 0.1) is 0 Å². The zero-order chi connectivity index (χ0) is 10.1. The van der Waals surface area contributed by atoms with Crippen molar-refractivity contribution in [3.8, 4) is 0 Å². The van der Waals surface area contributed by atoms with Crippen molar-refractivity contribution in [2.45, 2.75) is 20.8 Å². The number of hydrogen-bond donors (Lipinski definition) is 0. The number of benzene rings is 1. The van der Waals surface area contributed by atoms with Crippen LogP contribution >= 0.6 is 0 Å². The minimum absolute atomic E-state index is 0.744. The molecule has 1 aromatic rings. The molecular weight excluding hydrogens is 168 g/mol. The molecule has 0 unspecified atom stereocenters. The van der Waals surface area contributed by atoms with E-state index in [1.54, 1.807) is 0 Å². The fraction of sp³-hybridized carbons (Fsp3) is 0.357. The highest BCUT2D eigenvalue weighted by atomic mass is 14.4. The van der Waals surface area contributed by atoms with E-state index < -0.39 is 0 Å². The molecule has 0 radical (unpaired) electrons. The van der Waals surface area contributed by atoms with Gasteiger partial charge < -0.3 is 0 Å². The third-order valence-corrected chi connectivity index (χ3v) is 3.16. The van der Waals surface area contributed by atoms with Gasteiger partial charge in [0.1, 0.15) is 0 Å². The fourth-order valence-electron chi connectivity index (χ4n) is 1.77. The van der Waals surface area contributed by atoms with Crippen LogP contribution in [0.15, 0.2) is 41.6 Å². The molecule has 1 aliphatic rings. The molecule has 1 saturated carbocycles. The maximum atomic E-state index is 3.50. The normalized spacial score (nSPS) is 24.4. The summed E-state index contributed by atoms with van der Waals surface area (Å²) in [6.45, 7) is 6.68. The van der Waals surface area contributed by atoms with Crippen LogP contribution in [0, 0.1) is 11.8 Å². The second-order valence-electron chi connectivity index (χ2n) is 4.15. The SMILES string of the molecule is CC(=C=C1[C@@H](C)[C@@H]1C)c1ccccc1. The molecule has 1 aliphatic carbocycles. The van der Waals surface area contributed by atoms with E-state index in [0.29, 0.717) is 0 Å². The van der Waals surface area contributed by atoms with Crippen molar-refractivity contribution >= 4 is 5.57 Å². The Morgan fingerprint density at radius 1 is 1.07 bits per heavy atom. The first-order chi connectivity index (χ1) is 6.70. The largest absolute Gasteiger partial charge is 0.117 e.